The molecule has 0 aliphatic rings. The Balaban J connectivity index is 2.88. The van der Waals surface area contributed by atoms with Crippen LogP contribution < -0.4 is 0 Å². The molecule has 0 saturated carbocycles. The zero-order chi connectivity index (χ0) is 7.11. The van der Waals surface area contributed by atoms with E-state index < -0.39 is 6.10 Å². The normalized spacial score (nSPS) is 13.7. The van der Waals surface area contributed by atoms with Gasteiger partial charge in [0.2, 0.25) is 0 Å². The van der Waals surface area contributed by atoms with Crippen molar-refractivity contribution in [2.24, 2.45) is 0 Å². The Bertz CT molecular complexity index is 59.0. The second kappa shape index (κ2) is 6.33. The fourth-order valence-corrected chi connectivity index (χ4v) is 0.595. The van der Waals surface area contributed by atoms with Gasteiger partial charge in [0.05, 0.1) is 6.10 Å². The van der Waals surface area contributed by atoms with E-state index >= 15 is 0 Å². The van der Waals surface area contributed by atoms with Crippen molar-refractivity contribution in [1.82, 2.24) is 0 Å². The van der Waals surface area contributed by atoms with Gasteiger partial charge in [-0.05, 0) is 13.3 Å². The van der Waals surface area contributed by atoms with Gasteiger partial charge in [-0.1, -0.05) is 0 Å². The van der Waals surface area contributed by atoms with E-state index in [-0.39, 0.29) is 0 Å². The molecule has 0 radical (unpaired) electrons. The number of hydrogen-bond donors (Lipinski definition) is 1. The molecule has 56 valence electrons. The van der Waals surface area contributed by atoms with Gasteiger partial charge < -0.3 is 9.84 Å². The van der Waals surface area contributed by atoms with Crippen LogP contribution in [-0.2, 0) is 4.74 Å². The summed E-state index contributed by atoms with van der Waals surface area (Å²) in [6.45, 7) is 3.23. The summed E-state index contributed by atoms with van der Waals surface area (Å²) in [5, 5.41) is 8.87. The lowest BCUT2D eigenvalue weighted by Crippen LogP contribution is -2.11. The summed E-state index contributed by atoms with van der Waals surface area (Å²) < 4.78 is 4.99. The molecule has 2 nitrogen and oxygen atoms in total. The quantitative estimate of drug-likeness (QED) is 0.471. The highest BCUT2D eigenvalue weighted by atomic mass is 35.5. The van der Waals surface area contributed by atoms with Crippen LogP contribution in [0.15, 0.2) is 0 Å². The van der Waals surface area contributed by atoms with E-state index in [2.05, 4.69) is 0 Å². The molecule has 1 atom stereocenters. The molecule has 0 aliphatic carbocycles. The van der Waals surface area contributed by atoms with Crippen molar-refractivity contribution in [3.63, 3.8) is 0 Å². The molecular formula is C6H13ClO2. The minimum Gasteiger partial charge on any atom is -0.392 e. The van der Waals surface area contributed by atoms with Gasteiger partial charge in [0, 0.05) is 19.1 Å². The van der Waals surface area contributed by atoms with E-state index in [1.54, 1.807) is 0 Å². The van der Waals surface area contributed by atoms with Crippen LogP contribution in [0, 0.1) is 0 Å². The predicted octanol–water partition coefficient (Wildman–Crippen LogP) is 1.01. The molecule has 0 bridgehead atoms. The van der Waals surface area contributed by atoms with Crippen molar-refractivity contribution in [3.8, 4) is 0 Å². The van der Waals surface area contributed by atoms with Gasteiger partial charge in [-0.15, -0.1) is 11.6 Å². The number of ether oxygens (including phenoxy) is 1. The monoisotopic (exact) mass is 152 g/mol. The lowest BCUT2D eigenvalue weighted by Gasteiger charge is -2.04. The van der Waals surface area contributed by atoms with Crippen molar-refractivity contribution in [1.29, 1.82) is 0 Å². The van der Waals surface area contributed by atoms with E-state index in [0.717, 1.165) is 0 Å². The first kappa shape index (κ1) is 9.21. The molecule has 0 unspecified atom stereocenters. The van der Waals surface area contributed by atoms with Crippen LogP contribution in [0.25, 0.3) is 0 Å². The highest BCUT2D eigenvalue weighted by Crippen LogP contribution is 1.94. The Morgan fingerprint density at radius 1 is 1.67 bits per heavy atom. The smallest absolute Gasteiger partial charge is 0.0697 e. The first-order valence-corrected chi connectivity index (χ1v) is 3.66. The van der Waals surface area contributed by atoms with E-state index in [9.17, 15) is 0 Å². The maximum Gasteiger partial charge on any atom is 0.0697 e. The number of hydrogen-bond acceptors (Lipinski definition) is 2. The van der Waals surface area contributed by atoms with Crippen molar-refractivity contribution < 1.29 is 9.84 Å². The summed E-state index contributed by atoms with van der Waals surface area (Å²) >= 11 is 5.33. The van der Waals surface area contributed by atoms with Crippen molar-refractivity contribution in [2.45, 2.75) is 19.4 Å². The van der Waals surface area contributed by atoms with Crippen LogP contribution >= 0.6 is 11.6 Å². The highest BCUT2D eigenvalue weighted by molar-refractivity contribution is 6.18. The summed E-state index contributed by atoms with van der Waals surface area (Å²) in [6.07, 6.45) is 0.232. The summed E-state index contributed by atoms with van der Waals surface area (Å²) in [5.41, 5.74) is 0. The van der Waals surface area contributed by atoms with Crippen LogP contribution in [0.4, 0.5) is 0 Å². The van der Waals surface area contributed by atoms with Crippen molar-refractivity contribution in [2.75, 3.05) is 19.1 Å². The Labute approximate surface area is 60.8 Å². The minimum absolute atomic E-state index is 0.299. The van der Waals surface area contributed by atoms with Crippen molar-refractivity contribution >= 4 is 11.6 Å². The topological polar surface area (TPSA) is 29.5 Å². The average Bonchev–Trinajstić information content (AvgIpc) is 1.89. The standard InChI is InChI=1S/C6H13ClO2/c1-2-9-4-3-6(8)5-7/h6,8H,2-5H2,1H3/t6-/m0/s1. The number of halogens is 1. The molecule has 3 heteroatoms. The molecule has 1 N–H and O–H groups in total. The maximum absolute atomic E-state index is 8.87. The fraction of sp³-hybridized carbons (Fsp3) is 1.00. The molecule has 0 spiro atoms. The lowest BCUT2D eigenvalue weighted by molar-refractivity contribution is 0.0981. The molecule has 0 aromatic rings. The zero-order valence-corrected chi connectivity index (χ0v) is 6.40. The Morgan fingerprint density at radius 2 is 2.33 bits per heavy atom. The summed E-state index contributed by atoms with van der Waals surface area (Å²) in [5.74, 6) is 0.299. The molecular weight excluding hydrogens is 140 g/mol. The van der Waals surface area contributed by atoms with Gasteiger partial charge in [0.25, 0.3) is 0 Å². The summed E-state index contributed by atoms with van der Waals surface area (Å²) in [4.78, 5) is 0. The van der Waals surface area contributed by atoms with Gasteiger partial charge in [-0.2, -0.15) is 0 Å². The third-order valence-electron chi connectivity index (χ3n) is 0.978. The first-order chi connectivity index (χ1) is 4.31. The summed E-state index contributed by atoms with van der Waals surface area (Å²) in [6, 6.07) is 0. The van der Waals surface area contributed by atoms with E-state index in [1.165, 1.54) is 0 Å². The van der Waals surface area contributed by atoms with Gasteiger partial charge in [0.1, 0.15) is 0 Å². The number of alkyl halides is 1. The molecule has 0 heterocycles. The van der Waals surface area contributed by atoms with Crippen LogP contribution in [0.1, 0.15) is 13.3 Å². The SMILES string of the molecule is CCOCC[C@H](O)CCl. The van der Waals surface area contributed by atoms with Crippen LogP contribution in [0.5, 0.6) is 0 Å². The Hall–Kier alpha value is 0.210. The van der Waals surface area contributed by atoms with E-state index in [0.29, 0.717) is 25.5 Å². The van der Waals surface area contributed by atoms with Crippen LogP contribution in [0.3, 0.4) is 0 Å². The third kappa shape index (κ3) is 6.09. The molecule has 9 heavy (non-hydrogen) atoms. The molecule has 0 fully saturated rings. The lowest BCUT2D eigenvalue weighted by atomic mass is 10.3. The first-order valence-electron chi connectivity index (χ1n) is 3.13. The highest BCUT2D eigenvalue weighted by Gasteiger charge is 1.99. The Kier molecular flexibility index (Phi) is 6.48. The molecule has 0 aliphatic heterocycles. The second-order valence-corrected chi connectivity index (χ2v) is 2.10. The van der Waals surface area contributed by atoms with Gasteiger partial charge >= 0.3 is 0 Å². The molecule has 0 rings (SSSR count). The minimum atomic E-state index is -0.404. The van der Waals surface area contributed by atoms with E-state index in [4.69, 9.17) is 21.4 Å². The molecule has 0 aromatic heterocycles. The number of rotatable bonds is 5. The maximum atomic E-state index is 8.87. The zero-order valence-electron chi connectivity index (χ0n) is 5.64. The fourth-order valence-electron chi connectivity index (χ4n) is 0.441. The summed E-state index contributed by atoms with van der Waals surface area (Å²) in [7, 11) is 0. The molecule has 0 aromatic carbocycles. The van der Waals surface area contributed by atoms with E-state index in [1.807, 2.05) is 6.92 Å². The van der Waals surface area contributed by atoms with Gasteiger partial charge in [0.15, 0.2) is 0 Å². The third-order valence-corrected chi connectivity index (χ3v) is 1.33. The Morgan fingerprint density at radius 3 is 2.78 bits per heavy atom. The number of aliphatic hydroxyl groups is 1. The van der Waals surface area contributed by atoms with Crippen LogP contribution in [-0.4, -0.2) is 30.3 Å². The number of aliphatic hydroxyl groups excluding tert-OH is 1. The molecule has 0 saturated heterocycles. The van der Waals surface area contributed by atoms with Gasteiger partial charge in [-0.3, -0.25) is 0 Å². The average molecular weight is 153 g/mol. The van der Waals surface area contributed by atoms with Gasteiger partial charge in [-0.25, -0.2) is 0 Å². The van der Waals surface area contributed by atoms with Crippen molar-refractivity contribution in [3.05, 3.63) is 0 Å². The molecule has 0 amide bonds. The second-order valence-electron chi connectivity index (χ2n) is 1.79. The predicted molar refractivity (Wildman–Crippen MR) is 37.8 cm³/mol. The van der Waals surface area contributed by atoms with Crippen LogP contribution in [0.2, 0.25) is 0 Å². The largest absolute Gasteiger partial charge is 0.392 e.